The van der Waals surface area contributed by atoms with Gasteiger partial charge in [-0.1, -0.05) is 18.2 Å². The van der Waals surface area contributed by atoms with Gasteiger partial charge in [0, 0.05) is 37.0 Å². The zero-order valence-corrected chi connectivity index (χ0v) is 16.9. The zero-order valence-electron chi connectivity index (χ0n) is 16.9. The number of carbonyl (C=O) groups excluding carboxylic acids is 2. The van der Waals surface area contributed by atoms with Crippen LogP contribution in [0, 0.1) is 5.92 Å². The van der Waals surface area contributed by atoms with E-state index in [0.717, 1.165) is 5.69 Å². The molecule has 1 N–H and O–H groups in total. The summed E-state index contributed by atoms with van der Waals surface area (Å²) in [6.45, 7) is 1.27. The number of fused-ring (bicyclic) bond motifs is 1. The van der Waals surface area contributed by atoms with Crippen molar-refractivity contribution in [3.63, 3.8) is 0 Å². The predicted octanol–water partition coefficient (Wildman–Crippen LogP) is 3.09. The van der Waals surface area contributed by atoms with Crippen LogP contribution in [0.2, 0.25) is 0 Å². The summed E-state index contributed by atoms with van der Waals surface area (Å²) in [4.78, 5) is 27.3. The monoisotopic (exact) mass is 418 g/mol. The Hall–Kier alpha value is -3.81. The molecule has 2 amide bonds. The highest BCUT2D eigenvalue weighted by Gasteiger charge is 2.28. The van der Waals surface area contributed by atoms with Gasteiger partial charge in [-0.2, -0.15) is 5.10 Å². The molecule has 1 aromatic heterocycles. The van der Waals surface area contributed by atoms with E-state index in [1.54, 1.807) is 40.2 Å². The number of ether oxygens (including phenoxy) is 2. The van der Waals surface area contributed by atoms with Crippen LogP contribution in [0.5, 0.6) is 11.5 Å². The minimum absolute atomic E-state index is 0.0390. The Balaban J connectivity index is 1.17. The van der Waals surface area contributed by atoms with Crippen molar-refractivity contribution in [1.82, 2.24) is 14.7 Å². The first-order valence-electron chi connectivity index (χ1n) is 10.3. The molecule has 3 heterocycles. The Morgan fingerprint density at radius 2 is 1.77 bits per heavy atom. The number of nitrogens with one attached hydrogen (secondary N) is 1. The molecule has 0 saturated carbocycles. The molecule has 0 aliphatic carbocycles. The highest BCUT2D eigenvalue weighted by molar-refractivity contribution is 5.95. The second kappa shape index (κ2) is 8.14. The molecule has 0 atom stereocenters. The standard InChI is InChI=1S/C23H22N4O4/c28-22(25-18-6-7-20-21(12-18)31-15-30-20)16-8-10-26(11-9-16)23(29)17-13-24-27(14-17)19-4-2-1-3-5-19/h1-7,12-14,16H,8-11,15H2,(H,25,28). The van der Waals surface area contributed by atoms with Crippen molar-refractivity contribution in [2.75, 3.05) is 25.2 Å². The second-order valence-electron chi connectivity index (χ2n) is 7.63. The van der Waals surface area contributed by atoms with Crippen molar-refractivity contribution in [1.29, 1.82) is 0 Å². The van der Waals surface area contributed by atoms with Gasteiger partial charge >= 0.3 is 0 Å². The van der Waals surface area contributed by atoms with Crippen LogP contribution >= 0.6 is 0 Å². The minimum Gasteiger partial charge on any atom is -0.454 e. The summed E-state index contributed by atoms with van der Waals surface area (Å²) >= 11 is 0. The molecule has 2 aromatic carbocycles. The van der Waals surface area contributed by atoms with Crippen LogP contribution in [0.15, 0.2) is 60.9 Å². The van der Waals surface area contributed by atoms with Crippen LogP contribution in [0.3, 0.4) is 0 Å². The lowest BCUT2D eigenvalue weighted by Gasteiger charge is -2.31. The van der Waals surface area contributed by atoms with Crippen LogP contribution in [0.25, 0.3) is 5.69 Å². The van der Waals surface area contributed by atoms with Gasteiger partial charge < -0.3 is 19.7 Å². The SMILES string of the molecule is O=C(Nc1ccc2c(c1)OCO2)C1CCN(C(=O)c2cnn(-c3ccccc3)c2)CC1. The first kappa shape index (κ1) is 19.2. The molecule has 8 heteroatoms. The van der Waals surface area contributed by atoms with E-state index in [0.29, 0.717) is 48.7 Å². The molecule has 0 unspecified atom stereocenters. The maximum Gasteiger partial charge on any atom is 0.257 e. The molecule has 8 nitrogen and oxygen atoms in total. The van der Waals surface area contributed by atoms with Crippen molar-refractivity contribution >= 4 is 17.5 Å². The number of para-hydroxylation sites is 1. The third-order valence-electron chi connectivity index (χ3n) is 5.64. The molecule has 2 aliphatic rings. The highest BCUT2D eigenvalue weighted by Crippen LogP contribution is 2.34. The number of anilines is 1. The Bertz CT molecular complexity index is 1100. The normalized spacial score (nSPS) is 15.7. The average Bonchev–Trinajstić information content (AvgIpc) is 3.49. The Labute approximate surface area is 179 Å². The van der Waals surface area contributed by atoms with E-state index in [4.69, 9.17) is 9.47 Å². The second-order valence-corrected chi connectivity index (χ2v) is 7.63. The van der Waals surface area contributed by atoms with Crippen molar-refractivity contribution in [2.24, 2.45) is 5.92 Å². The summed E-state index contributed by atoms with van der Waals surface area (Å²) in [6.07, 6.45) is 4.58. The molecule has 158 valence electrons. The van der Waals surface area contributed by atoms with Crippen molar-refractivity contribution in [3.8, 4) is 17.2 Å². The molecule has 0 radical (unpaired) electrons. The van der Waals surface area contributed by atoms with Crippen molar-refractivity contribution in [2.45, 2.75) is 12.8 Å². The molecule has 1 saturated heterocycles. The summed E-state index contributed by atoms with van der Waals surface area (Å²) in [5, 5.41) is 7.25. The van der Waals surface area contributed by atoms with Crippen LogP contribution in [-0.2, 0) is 4.79 Å². The predicted molar refractivity (Wildman–Crippen MR) is 113 cm³/mol. The van der Waals surface area contributed by atoms with Gasteiger partial charge in [0.2, 0.25) is 12.7 Å². The molecule has 0 bridgehead atoms. The lowest BCUT2D eigenvalue weighted by Crippen LogP contribution is -2.41. The molecule has 31 heavy (non-hydrogen) atoms. The van der Waals surface area contributed by atoms with Gasteiger partial charge in [0.1, 0.15) is 0 Å². The zero-order chi connectivity index (χ0) is 21.2. The third kappa shape index (κ3) is 3.96. The number of benzene rings is 2. The topological polar surface area (TPSA) is 85.7 Å². The summed E-state index contributed by atoms with van der Waals surface area (Å²) in [7, 11) is 0. The maximum atomic E-state index is 12.9. The fourth-order valence-electron chi connectivity index (χ4n) is 3.90. The van der Waals surface area contributed by atoms with Gasteiger partial charge in [-0.15, -0.1) is 0 Å². The number of nitrogens with zero attached hydrogens (tertiary/aromatic N) is 3. The number of likely N-dealkylation sites (tertiary alicyclic amines) is 1. The highest BCUT2D eigenvalue weighted by atomic mass is 16.7. The molecule has 5 rings (SSSR count). The fourth-order valence-corrected chi connectivity index (χ4v) is 3.90. The Kier molecular flexibility index (Phi) is 5.03. The number of piperidine rings is 1. The van der Waals surface area contributed by atoms with Crippen molar-refractivity contribution < 1.29 is 19.1 Å². The molecule has 2 aliphatic heterocycles. The van der Waals surface area contributed by atoms with E-state index < -0.39 is 0 Å². The smallest absolute Gasteiger partial charge is 0.257 e. The van der Waals surface area contributed by atoms with E-state index in [-0.39, 0.29) is 24.5 Å². The van der Waals surface area contributed by atoms with Crippen LogP contribution in [0.4, 0.5) is 5.69 Å². The molecular weight excluding hydrogens is 396 g/mol. The van der Waals surface area contributed by atoms with Crippen LogP contribution in [-0.4, -0.2) is 46.4 Å². The van der Waals surface area contributed by atoms with Crippen LogP contribution < -0.4 is 14.8 Å². The quantitative estimate of drug-likeness (QED) is 0.704. The number of carbonyl (C=O) groups is 2. The molecule has 1 fully saturated rings. The maximum absolute atomic E-state index is 12.9. The summed E-state index contributed by atoms with van der Waals surface area (Å²) in [6, 6.07) is 15.0. The van der Waals surface area contributed by atoms with Crippen molar-refractivity contribution in [3.05, 3.63) is 66.5 Å². The van der Waals surface area contributed by atoms with Gasteiger partial charge in [0.05, 0.1) is 17.4 Å². The number of amides is 2. The average molecular weight is 418 g/mol. The summed E-state index contributed by atoms with van der Waals surface area (Å²) in [5.41, 5.74) is 2.13. The van der Waals surface area contributed by atoms with E-state index in [9.17, 15) is 9.59 Å². The van der Waals surface area contributed by atoms with E-state index in [2.05, 4.69) is 10.4 Å². The number of aromatic nitrogens is 2. The summed E-state index contributed by atoms with van der Waals surface area (Å²) < 4.78 is 12.3. The number of hydrogen-bond donors (Lipinski definition) is 1. The van der Waals surface area contributed by atoms with E-state index >= 15 is 0 Å². The molecule has 0 spiro atoms. The van der Waals surface area contributed by atoms with E-state index in [1.165, 1.54) is 0 Å². The van der Waals surface area contributed by atoms with Gasteiger partial charge in [0.25, 0.3) is 5.91 Å². The minimum atomic E-state index is -0.137. The van der Waals surface area contributed by atoms with Gasteiger partial charge in [0.15, 0.2) is 11.5 Å². The number of rotatable bonds is 4. The molecular formula is C23H22N4O4. The fraction of sp³-hybridized carbons (Fsp3) is 0.261. The third-order valence-corrected chi connectivity index (χ3v) is 5.64. The Morgan fingerprint density at radius 3 is 2.58 bits per heavy atom. The summed E-state index contributed by atoms with van der Waals surface area (Å²) in [5.74, 6) is 1.08. The first-order chi connectivity index (χ1) is 15.2. The van der Waals surface area contributed by atoms with Gasteiger partial charge in [-0.25, -0.2) is 4.68 Å². The van der Waals surface area contributed by atoms with Crippen LogP contribution in [0.1, 0.15) is 23.2 Å². The van der Waals surface area contributed by atoms with E-state index in [1.807, 2.05) is 30.3 Å². The van der Waals surface area contributed by atoms with Gasteiger partial charge in [-0.05, 0) is 37.1 Å². The number of hydrogen-bond acceptors (Lipinski definition) is 5. The largest absolute Gasteiger partial charge is 0.454 e. The lowest BCUT2D eigenvalue weighted by atomic mass is 9.95. The van der Waals surface area contributed by atoms with Gasteiger partial charge in [-0.3, -0.25) is 9.59 Å². The first-order valence-corrected chi connectivity index (χ1v) is 10.3. The molecule has 3 aromatic rings. The lowest BCUT2D eigenvalue weighted by molar-refractivity contribution is -0.121. The Morgan fingerprint density at radius 1 is 1.00 bits per heavy atom.